The van der Waals surface area contributed by atoms with Gasteiger partial charge in [-0.2, -0.15) is 0 Å². The number of rotatable bonds is 42. The van der Waals surface area contributed by atoms with E-state index in [1.165, 1.54) is 51.4 Å². The molecule has 1 unspecified atom stereocenters. The van der Waals surface area contributed by atoms with Gasteiger partial charge in [0.2, 0.25) is 0 Å². The van der Waals surface area contributed by atoms with Gasteiger partial charge in [0.15, 0.2) is 6.10 Å². The zero-order valence-corrected chi connectivity index (χ0v) is 38.7. The van der Waals surface area contributed by atoms with Crippen LogP contribution in [-0.4, -0.2) is 37.2 Å². The minimum absolute atomic E-state index is 0.0954. The van der Waals surface area contributed by atoms with Crippen molar-refractivity contribution in [3.63, 3.8) is 0 Å². The highest BCUT2D eigenvalue weighted by Crippen LogP contribution is 2.14. The Morgan fingerprint density at radius 3 is 1.10 bits per heavy atom. The summed E-state index contributed by atoms with van der Waals surface area (Å²) >= 11 is 0. The number of esters is 3. The van der Waals surface area contributed by atoms with Crippen molar-refractivity contribution >= 4 is 17.9 Å². The van der Waals surface area contributed by atoms with Gasteiger partial charge in [0.25, 0.3) is 0 Å². The zero-order valence-electron chi connectivity index (χ0n) is 38.7. The highest BCUT2D eigenvalue weighted by atomic mass is 16.6. The lowest BCUT2D eigenvalue weighted by molar-refractivity contribution is -0.167. The van der Waals surface area contributed by atoms with Crippen molar-refractivity contribution in [2.45, 2.75) is 213 Å². The Kier molecular flexibility index (Phi) is 45.1. The molecule has 0 aliphatic heterocycles. The summed E-state index contributed by atoms with van der Waals surface area (Å²) in [5.41, 5.74) is 0. The molecule has 0 aliphatic carbocycles. The van der Waals surface area contributed by atoms with Crippen LogP contribution in [0, 0.1) is 0 Å². The average Bonchev–Trinajstić information content (AvgIpc) is 3.24. The molecule has 0 aromatic carbocycles. The molecule has 0 aromatic rings. The number of hydrogen-bond acceptors (Lipinski definition) is 6. The summed E-state index contributed by atoms with van der Waals surface area (Å²) in [5, 5.41) is 0. The van der Waals surface area contributed by atoms with Crippen LogP contribution in [0.3, 0.4) is 0 Å². The Bertz CT molecular complexity index is 1230. The third-order valence-corrected chi connectivity index (χ3v) is 9.94. The number of ether oxygens (including phenoxy) is 3. The van der Waals surface area contributed by atoms with E-state index in [0.29, 0.717) is 19.3 Å². The highest BCUT2D eigenvalue weighted by molar-refractivity contribution is 5.71. The van der Waals surface area contributed by atoms with E-state index in [2.05, 4.69) is 118 Å². The number of carbonyl (C=O) groups is 3. The molecule has 0 fully saturated rings. The zero-order chi connectivity index (χ0) is 43.7. The lowest BCUT2D eigenvalue weighted by atomic mass is 10.1. The van der Waals surface area contributed by atoms with E-state index < -0.39 is 6.10 Å². The van der Waals surface area contributed by atoms with Crippen molar-refractivity contribution in [1.82, 2.24) is 0 Å². The molecule has 340 valence electrons. The molecular weight excluding hydrogens is 745 g/mol. The smallest absolute Gasteiger partial charge is 0.306 e. The monoisotopic (exact) mass is 833 g/mol. The minimum atomic E-state index is -0.795. The van der Waals surface area contributed by atoms with Gasteiger partial charge in [0.1, 0.15) is 13.2 Å². The van der Waals surface area contributed by atoms with Crippen molar-refractivity contribution in [1.29, 1.82) is 0 Å². The fourth-order valence-corrected chi connectivity index (χ4v) is 6.36. The van der Waals surface area contributed by atoms with Crippen LogP contribution in [0.2, 0.25) is 0 Å². The van der Waals surface area contributed by atoms with E-state index in [9.17, 15) is 14.4 Å². The largest absolute Gasteiger partial charge is 0.462 e. The van der Waals surface area contributed by atoms with Crippen LogP contribution in [0.15, 0.2) is 97.2 Å². The third kappa shape index (κ3) is 45.4. The Hall–Kier alpha value is -3.67. The van der Waals surface area contributed by atoms with Crippen molar-refractivity contribution in [2.24, 2.45) is 0 Å². The van der Waals surface area contributed by atoms with E-state index in [1.54, 1.807) is 0 Å². The molecule has 0 rings (SSSR count). The van der Waals surface area contributed by atoms with E-state index in [-0.39, 0.29) is 31.1 Å². The quantitative estimate of drug-likeness (QED) is 0.0200. The maximum Gasteiger partial charge on any atom is 0.306 e. The van der Waals surface area contributed by atoms with Gasteiger partial charge in [-0.25, -0.2) is 0 Å². The maximum atomic E-state index is 12.8. The molecule has 0 aromatic heterocycles. The molecule has 1 atom stereocenters. The summed E-state index contributed by atoms with van der Waals surface area (Å²) < 4.78 is 16.7. The van der Waals surface area contributed by atoms with Gasteiger partial charge in [-0.05, 0) is 83.5 Å². The second-order valence-corrected chi connectivity index (χ2v) is 15.7. The van der Waals surface area contributed by atoms with E-state index in [0.717, 1.165) is 116 Å². The highest BCUT2D eigenvalue weighted by Gasteiger charge is 2.19. The normalized spacial score (nSPS) is 12.9. The summed E-state index contributed by atoms with van der Waals surface area (Å²) in [4.78, 5) is 37.9. The second-order valence-electron chi connectivity index (χ2n) is 15.7. The Labute approximate surface area is 368 Å². The van der Waals surface area contributed by atoms with E-state index in [1.807, 2.05) is 0 Å². The minimum Gasteiger partial charge on any atom is -0.462 e. The topological polar surface area (TPSA) is 78.9 Å². The molecule has 0 bridgehead atoms. The molecule has 0 saturated carbocycles. The molecular formula is C54H88O6. The SMILES string of the molecule is CC\C=C/C=C\C=C/CCCCCCCCCC(=O)OCC(COC(=O)CCCCCCC\C=C/C=C\C=C/CC)OC(=O)CCCCCCCCC/C=C\C/C=C\CC. The Morgan fingerprint density at radius 1 is 0.350 bits per heavy atom. The predicted molar refractivity (Wildman–Crippen MR) is 256 cm³/mol. The summed E-state index contributed by atoms with van der Waals surface area (Å²) in [6.07, 6.45) is 62.4. The van der Waals surface area contributed by atoms with Crippen LogP contribution in [0.1, 0.15) is 207 Å². The molecule has 0 heterocycles. The molecule has 0 amide bonds. The fraction of sp³-hybridized carbons (Fsp3) is 0.648. The molecule has 0 N–H and O–H groups in total. The summed E-state index contributed by atoms with van der Waals surface area (Å²) in [7, 11) is 0. The van der Waals surface area contributed by atoms with Crippen LogP contribution in [0.4, 0.5) is 0 Å². The van der Waals surface area contributed by atoms with Crippen LogP contribution < -0.4 is 0 Å². The van der Waals surface area contributed by atoms with Crippen LogP contribution in [0.5, 0.6) is 0 Å². The lowest BCUT2D eigenvalue weighted by Crippen LogP contribution is -2.30. The van der Waals surface area contributed by atoms with Crippen molar-refractivity contribution in [3.8, 4) is 0 Å². The Morgan fingerprint density at radius 2 is 0.683 bits per heavy atom. The number of unbranched alkanes of at least 4 members (excludes halogenated alkanes) is 19. The fourth-order valence-electron chi connectivity index (χ4n) is 6.36. The molecule has 0 aliphatic rings. The first-order valence-electron chi connectivity index (χ1n) is 24.3. The molecule has 6 heteroatoms. The standard InChI is InChI=1S/C54H88O6/c1-4-7-10-13-16-19-22-25-27-30-32-35-38-41-44-47-53(56)59-50-51(49-58-52(55)46-43-40-37-34-31-28-24-21-18-15-12-9-6-3)60-54(57)48-45-42-39-36-33-29-26-23-20-17-14-11-8-5-2/h7-13,15-22,24,51H,4-6,14,23,25-50H2,1-3H3/b10-7-,11-8-,12-9-,16-13-,18-15-,20-17-,22-19-,24-21-. The van der Waals surface area contributed by atoms with Crippen LogP contribution in [0.25, 0.3) is 0 Å². The number of allylic oxidation sites excluding steroid dienone is 16. The van der Waals surface area contributed by atoms with Gasteiger partial charge in [0.05, 0.1) is 0 Å². The van der Waals surface area contributed by atoms with E-state index >= 15 is 0 Å². The first-order valence-corrected chi connectivity index (χ1v) is 24.3. The summed E-state index contributed by atoms with van der Waals surface area (Å²) in [6.45, 7) is 6.22. The van der Waals surface area contributed by atoms with Crippen molar-refractivity contribution < 1.29 is 28.6 Å². The van der Waals surface area contributed by atoms with Gasteiger partial charge >= 0.3 is 17.9 Å². The van der Waals surface area contributed by atoms with Gasteiger partial charge in [-0.3, -0.25) is 14.4 Å². The molecule has 6 nitrogen and oxygen atoms in total. The number of carbonyl (C=O) groups excluding carboxylic acids is 3. The van der Waals surface area contributed by atoms with Gasteiger partial charge in [-0.1, -0.05) is 201 Å². The lowest BCUT2D eigenvalue weighted by Gasteiger charge is -2.18. The van der Waals surface area contributed by atoms with Crippen LogP contribution in [-0.2, 0) is 28.6 Å². The predicted octanol–water partition coefficient (Wildman–Crippen LogP) is 15.8. The average molecular weight is 833 g/mol. The van der Waals surface area contributed by atoms with E-state index in [4.69, 9.17) is 14.2 Å². The van der Waals surface area contributed by atoms with Gasteiger partial charge < -0.3 is 14.2 Å². The summed E-state index contributed by atoms with van der Waals surface area (Å²) in [6, 6.07) is 0. The summed E-state index contributed by atoms with van der Waals surface area (Å²) in [5.74, 6) is -0.942. The van der Waals surface area contributed by atoms with Crippen LogP contribution >= 0.6 is 0 Å². The second kappa shape index (κ2) is 48.0. The third-order valence-electron chi connectivity index (χ3n) is 9.94. The first-order chi connectivity index (χ1) is 29.5. The molecule has 0 spiro atoms. The molecule has 60 heavy (non-hydrogen) atoms. The van der Waals surface area contributed by atoms with Gasteiger partial charge in [0, 0.05) is 19.3 Å². The maximum absolute atomic E-state index is 12.8. The Balaban J connectivity index is 4.45. The molecule has 0 radical (unpaired) electrons. The van der Waals surface area contributed by atoms with Gasteiger partial charge in [-0.15, -0.1) is 0 Å². The van der Waals surface area contributed by atoms with Crippen molar-refractivity contribution in [3.05, 3.63) is 97.2 Å². The number of hydrogen-bond donors (Lipinski definition) is 0. The molecule has 0 saturated heterocycles. The van der Waals surface area contributed by atoms with Crippen molar-refractivity contribution in [2.75, 3.05) is 13.2 Å². The first kappa shape index (κ1) is 56.3.